The Labute approximate surface area is 53.9 Å². The van der Waals surface area contributed by atoms with Crippen molar-refractivity contribution >= 4 is 5.97 Å². The van der Waals surface area contributed by atoms with Crippen molar-refractivity contribution in [2.24, 2.45) is 0 Å². The van der Waals surface area contributed by atoms with Gasteiger partial charge in [-0.1, -0.05) is 0 Å². The van der Waals surface area contributed by atoms with E-state index in [1.165, 1.54) is 14.2 Å². The normalized spacial score (nSPS) is 12.3. The zero-order chi connectivity index (χ0) is 7.44. The van der Waals surface area contributed by atoms with E-state index in [0.717, 1.165) is 0 Å². The minimum atomic E-state index is -0.539. The number of carbonyl (C=O) groups excluding carboxylic acids is 1. The predicted molar refractivity (Wildman–Crippen MR) is 32.4 cm³/mol. The molecule has 0 heterocycles. The van der Waals surface area contributed by atoms with Gasteiger partial charge in [0.15, 0.2) is 5.70 Å². The van der Waals surface area contributed by atoms with Crippen molar-refractivity contribution in [2.75, 3.05) is 14.2 Å². The highest BCUT2D eigenvalue weighted by Crippen LogP contribution is 1.79. The monoisotopic (exact) mass is 130 g/mol. The van der Waals surface area contributed by atoms with E-state index in [-0.39, 0.29) is 10.7 Å². The molecule has 9 heavy (non-hydrogen) atoms. The van der Waals surface area contributed by atoms with Crippen molar-refractivity contribution in [3.05, 3.63) is 18.1 Å². The first-order valence-corrected chi connectivity index (χ1v) is 2.42. The van der Waals surface area contributed by atoms with Crippen LogP contribution in [0.5, 0.6) is 0 Å². The molecule has 0 aromatic heterocycles. The Kier molecular flexibility index (Phi) is 2.90. The number of ether oxygens (including phenoxy) is 1. The molecule has 2 N–H and O–H groups in total. The fourth-order valence-corrected chi connectivity index (χ4v) is 0.276. The van der Waals surface area contributed by atoms with Crippen LogP contribution >= 0.6 is 0 Å². The number of rotatable bonds is 2. The molecule has 4 nitrogen and oxygen atoms in total. The molecule has 0 fully saturated rings. The van der Waals surface area contributed by atoms with E-state index < -0.39 is 5.97 Å². The van der Waals surface area contributed by atoms with E-state index in [4.69, 9.17) is 5.84 Å². The van der Waals surface area contributed by atoms with E-state index in [1.54, 1.807) is 0 Å². The van der Waals surface area contributed by atoms with Gasteiger partial charge < -0.3 is 15.6 Å². The topological polar surface area (TPSA) is 54.5 Å². The molecule has 0 saturated carbocycles. The number of nitrogens with one attached hydrogen (secondary N) is 2. The molecule has 0 aliphatic rings. The van der Waals surface area contributed by atoms with Gasteiger partial charge >= 0.3 is 5.97 Å². The summed E-state index contributed by atoms with van der Waals surface area (Å²) in [5.41, 5.74) is 0.109. The largest absolute Gasteiger partial charge is 0.464 e. The first-order valence-electron chi connectivity index (χ1n) is 2.42. The molecule has 0 saturated heterocycles. The van der Waals surface area contributed by atoms with E-state index in [9.17, 15) is 4.79 Å². The summed E-state index contributed by atoms with van der Waals surface area (Å²) >= 11 is 0. The van der Waals surface area contributed by atoms with Gasteiger partial charge in [-0.25, -0.2) is 4.79 Å². The second-order valence-electron chi connectivity index (χ2n) is 1.60. The van der Waals surface area contributed by atoms with Gasteiger partial charge in [0.25, 0.3) is 0 Å². The van der Waals surface area contributed by atoms with E-state index >= 15 is 0 Å². The summed E-state index contributed by atoms with van der Waals surface area (Å²) in [6.45, 7) is 3.33. The Balaban J connectivity index is 3.89. The van der Waals surface area contributed by atoms with Gasteiger partial charge in [0.1, 0.15) is 0 Å². The van der Waals surface area contributed by atoms with E-state index in [2.05, 4.69) is 11.3 Å². The third kappa shape index (κ3) is 2.25. The van der Waals surface area contributed by atoms with Crippen molar-refractivity contribution in [3.8, 4) is 0 Å². The molecule has 0 amide bonds. The van der Waals surface area contributed by atoms with Crippen LogP contribution in [0.25, 0.3) is 5.84 Å². The molecule has 4 heteroatoms. The molecule has 52 valence electrons. The van der Waals surface area contributed by atoms with Crippen LogP contribution in [0.2, 0.25) is 0 Å². The zero-order valence-electron chi connectivity index (χ0n) is 5.52. The minimum Gasteiger partial charge on any atom is -0.464 e. The Morgan fingerprint density at radius 2 is 2.22 bits per heavy atom. The highest BCUT2D eigenvalue weighted by atomic mass is 16.5. The number of carbonyl (C=O) groups is 1. The van der Waals surface area contributed by atoms with Gasteiger partial charge in [-0.3, -0.25) is 0 Å². The smallest absolute Gasteiger partial charge is 0.391 e. The Morgan fingerprint density at radius 3 is 2.33 bits per heavy atom. The molecular formula is C5H10N2O2. The summed E-state index contributed by atoms with van der Waals surface area (Å²) in [7, 11) is 2.75. The average Bonchev–Trinajstić information content (AvgIpc) is 1.84. The summed E-state index contributed by atoms with van der Waals surface area (Å²) in [5, 5.41) is 0.141. The van der Waals surface area contributed by atoms with Crippen LogP contribution < -0.4 is 5.01 Å². The Bertz CT molecular complexity index is 131. The first-order chi connectivity index (χ1) is 4.09. The standard InChI is InChI=1S/C5H10N2O2/c1-4(7(2)6)5(8)9-3/h6-7H,1H2,2-3H3. The van der Waals surface area contributed by atoms with Crippen molar-refractivity contribution in [3.63, 3.8) is 0 Å². The van der Waals surface area contributed by atoms with Gasteiger partial charge in [0, 0.05) is 0 Å². The van der Waals surface area contributed by atoms with Gasteiger partial charge in [0.05, 0.1) is 14.2 Å². The van der Waals surface area contributed by atoms with Gasteiger partial charge in [-0.15, -0.1) is 0 Å². The Hall–Kier alpha value is -0.870. The maximum Gasteiger partial charge on any atom is 0.391 e. The fourth-order valence-electron chi connectivity index (χ4n) is 0.276. The lowest BCUT2D eigenvalue weighted by atomic mass is 10.5. The third-order valence-electron chi connectivity index (χ3n) is 0.884. The maximum atomic E-state index is 10.5. The molecule has 0 rings (SSSR count). The minimum absolute atomic E-state index is 0.109. The zero-order valence-corrected chi connectivity index (χ0v) is 5.52. The SMILES string of the molecule is C=C(C(=O)OC)[NH+](C)[NH-]. The highest BCUT2D eigenvalue weighted by molar-refractivity contribution is 5.84. The van der Waals surface area contributed by atoms with Crippen LogP contribution in [0.3, 0.4) is 0 Å². The van der Waals surface area contributed by atoms with Crippen molar-refractivity contribution in [1.29, 1.82) is 0 Å². The number of methoxy groups -OCH3 is 1. The van der Waals surface area contributed by atoms with Crippen LogP contribution in [-0.2, 0) is 9.53 Å². The van der Waals surface area contributed by atoms with Gasteiger partial charge in [0.2, 0.25) is 0 Å². The fraction of sp³-hybridized carbons (Fsp3) is 0.400. The van der Waals surface area contributed by atoms with Crippen molar-refractivity contribution in [2.45, 2.75) is 0 Å². The molecule has 1 unspecified atom stereocenters. The third-order valence-corrected chi connectivity index (χ3v) is 0.884. The number of likely N-dealkylation sites (N-methyl/N-ethyl adjacent to an activating group) is 1. The molecule has 0 bridgehead atoms. The van der Waals surface area contributed by atoms with E-state index in [0.29, 0.717) is 0 Å². The van der Waals surface area contributed by atoms with Gasteiger partial charge in [-0.05, 0) is 6.58 Å². The second kappa shape index (κ2) is 3.21. The molecule has 1 atom stereocenters. The molecule has 0 radical (unpaired) electrons. The molecule has 0 aliphatic carbocycles. The molecule has 0 aliphatic heterocycles. The van der Waals surface area contributed by atoms with Crippen LogP contribution in [0, 0.1) is 0 Å². The number of hydrogen-bond donors (Lipinski definition) is 1. The van der Waals surface area contributed by atoms with E-state index in [1.807, 2.05) is 0 Å². The van der Waals surface area contributed by atoms with Gasteiger partial charge in [-0.2, -0.15) is 0 Å². The van der Waals surface area contributed by atoms with Crippen LogP contribution in [0.4, 0.5) is 0 Å². The average molecular weight is 130 g/mol. The van der Waals surface area contributed by atoms with Crippen molar-refractivity contribution in [1.82, 2.24) is 0 Å². The maximum absolute atomic E-state index is 10.5. The summed E-state index contributed by atoms with van der Waals surface area (Å²) in [4.78, 5) is 10.5. The highest BCUT2D eigenvalue weighted by Gasteiger charge is 2.09. The molecule has 0 aromatic rings. The number of hydrogen-bond acceptors (Lipinski definition) is 2. The lowest BCUT2D eigenvalue weighted by Gasteiger charge is -2.13. The summed E-state index contributed by atoms with van der Waals surface area (Å²) in [6, 6.07) is 0. The predicted octanol–water partition coefficient (Wildman–Crippen LogP) is -0.845. The first kappa shape index (κ1) is 8.13. The quantitative estimate of drug-likeness (QED) is 0.301. The molecule has 0 spiro atoms. The summed E-state index contributed by atoms with van der Waals surface area (Å²) in [5.74, 6) is 6.39. The molecule has 0 aromatic carbocycles. The lowest BCUT2D eigenvalue weighted by Crippen LogP contribution is -3.00. The lowest BCUT2D eigenvalue weighted by molar-refractivity contribution is -0.778. The Morgan fingerprint density at radius 1 is 1.78 bits per heavy atom. The summed E-state index contributed by atoms with van der Waals surface area (Å²) < 4.78 is 4.29. The van der Waals surface area contributed by atoms with Crippen molar-refractivity contribution < 1.29 is 14.5 Å². The summed E-state index contributed by atoms with van der Waals surface area (Å²) in [6.07, 6.45) is 0. The second-order valence-corrected chi connectivity index (χ2v) is 1.60. The van der Waals surface area contributed by atoms with Crippen LogP contribution in [-0.4, -0.2) is 20.1 Å². The van der Waals surface area contributed by atoms with Crippen LogP contribution in [0.15, 0.2) is 12.3 Å². The number of quaternary nitrogens is 1. The molecular weight excluding hydrogens is 120 g/mol. The van der Waals surface area contributed by atoms with Crippen LogP contribution in [0.1, 0.15) is 0 Å². The number of esters is 1.